The number of benzene rings is 2. The van der Waals surface area contributed by atoms with Gasteiger partial charge >= 0.3 is 5.97 Å². The van der Waals surface area contributed by atoms with Crippen molar-refractivity contribution in [3.8, 4) is 23.3 Å². The predicted octanol–water partition coefficient (Wildman–Crippen LogP) is 3.85. The molecular weight excluding hydrogens is 482 g/mol. The molecule has 0 saturated carbocycles. The number of methoxy groups -OCH3 is 2. The van der Waals surface area contributed by atoms with E-state index < -0.39 is 16.0 Å². The molecule has 182 valence electrons. The van der Waals surface area contributed by atoms with Gasteiger partial charge in [-0.1, -0.05) is 24.0 Å². The number of aromatic carboxylic acids is 1. The Morgan fingerprint density at radius 2 is 1.69 bits per heavy atom. The molecule has 0 bridgehead atoms. The van der Waals surface area contributed by atoms with Crippen molar-refractivity contribution in [2.45, 2.75) is 11.8 Å². The van der Waals surface area contributed by atoms with Gasteiger partial charge in [0.25, 0.3) is 10.0 Å². The average Bonchev–Trinajstić information content (AvgIpc) is 2.87. The van der Waals surface area contributed by atoms with Crippen molar-refractivity contribution in [2.24, 2.45) is 0 Å². The number of anilines is 1. The lowest BCUT2D eigenvalue weighted by Crippen LogP contribution is -2.16. The Labute approximate surface area is 207 Å². The molecule has 0 aliphatic rings. The zero-order valence-corrected chi connectivity index (χ0v) is 20.4. The summed E-state index contributed by atoms with van der Waals surface area (Å²) in [5, 5.41) is 9.70. The number of hydrogen-bond acceptors (Lipinski definition) is 7. The van der Waals surface area contributed by atoms with Gasteiger partial charge in [-0.3, -0.25) is 9.71 Å². The molecule has 0 aliphatic carbocycles. The summed E-state index contributed by atoms with van der Waals surface area (Å²) in [6.45, 7) is 1.68. The highest BCUT2D eigenvalue weighted by Crippen LogP contribution is 2.33. The van der Waals surface area contributed by atoms with Gasteiger partial charge in [0, 0.05) is 29.4 Å². The number of pyridine rings is 2. The fourth-order valence-electron chi connectivity index (χ4n) is 3.65. The van der Waals surface area contributed by atoms with E-state index in [0.29, 0.717) is 33.3 Å². The second-order valence-corrected chi connectivity index (χ2v) is 9.22. The number of fused-ring (bicyclic) bond motifs is 1. The molecule has 4 aromatic rings. The molecule has 0 saturated heterocycles. The van der Waals surface area contributed by atoms with Crippen LogP contribution in [-0.4, -0.2) is 43.7 Å². The summed E-state index contributed by atoms with van der Waals surface area (Å²) in [7, 11) is -1.16. The van der Waals surface area contributed by atoms with Crippen LogP contribution < -0.4 is 14.2 Å². The minimum Gasteiger partial charge on any atom is -0.496 e. The van der Waals surface area contributed by atoms with Crippen molar-refractivity contribution >= 4 is 32.6 Å². The molecule has 4 rings (SSSR count). The SMILES string of the molecule is COc1cc(C(=O)O)ncc1C#Cc1ccccc1NS(=O)(=O)c1c(C)cc(OC)c2cccnc12. The standard InChI is InChI=1S/C26H21N3O6S/c1-16-13-23(35-3)19-8-6-12-27-24(19)25(16)36(32,33)29-20-9-5-4-7-17(20)10-11-18-15-28-21(26(30)31)14-22(18)34-2/h4-9,12-15,29H,1-3H3,(H,30,31). The van der Waals surface area contributed by atoms with Crippen LogP contribution in [0, 0.1) is 18.8 Å². The maximum atomic E-state index is 13.5. The first-order valence-corrected chi connectivity index (χ1v) is 12.1. The number of carboxylic acids is 1. The fourth-order valence-corrected chi connectivity index (χ4v) is 5.12. The zero-order valence-electron chi connectivity index (χ0n) is 19.6. The smallest absolute Gasteiger partial charge is 0.354 e. The maximum Gasteiger partial charge on any atom is 0.354 e. The van der Waals surface area contributed by atoms with E-state index in [1.54, 1.807) is 49.4 Å². The number of sulfonamides is 1. The minimum absolute atomic E-state index is 0.0387. The first kappa shape index (κ1) is 24.5. The number of carbonyl (C=O) groups is 1. The van der Waals surface area contributed by atoms with Gasteiger partial charge in [-0.15, -0.1) is 0 Å². The molecule has 0 atom stereocenters. The summed E-state index contributed by atoms with van der Waals surface area (Å²) >= 11 is 0. The number of carboxylic acid groups (broad SMARTS) is 1. The van der Waals surface area contributed by atoms with E-state index in [0.717, 1.165) is 0 Å². The summed E-state index contributed by atoms with van der Waals surface area (Å²) in [6, 6.07) is 13.0. The lowest BCUT2D eigenvalue weighted by molar-refractivity contribution is 0.0690. The van der Waals surface area contributed by atoms with Crippen LogP contribution >= 0.6 is 0 Å². The third-order valence-electron chi connectivity index (χ3n) is 5.29. The van der Waals surface area contributed by atoms with Crippen molar-refractivity contribution in [2.75, 3.05) is 18.9 Å². The lowest BCUT2D eigenvalue weighted by atomic mass is 10.1. The molecule has 0 unspecified atom stereocenters. The highest BCUT2D eigenvalue weighted by Gasteiger charge is 2.24. The van der Waals surface area contributed by atoms with Crippen LogP contribution in [0.2, 0.25) is 0 Å². The quantitative estimate of drug-likeness (QED) is 0.380. The Morgan fingerprint density at radius 1 is 0.972 bits per heavy atom. The highest BCUT2D eigenvalue weighted by atomic mass is 32.2. The van der Waals surface area contributed by atoms with Crippen molar-refractivity contribution in [3.05, 3.63) is 83.3 Å². The molecular formula is C26H21N3O6S. The number of para-hydroxylation sites is 1. The molecule has 0 amide bonds. The van der Waals surface area contributed by atoms with Gasteiger partial charge in [-0.25, -0.2) is 18.2 Å². The van der Waals surface area contributed by atoms with Crippen LogP contribution in [0.1, 0.15) is 27.2 Å². The monoisotopic (exact) mass is 503 g/mol. The van der Waals surface area contributed by atoms with E-state index in [2.05, 4.69) is 26.5 Å². The molecule has 0 fully saturated rings. The second-order valence-electron chi connectivity index (χ2n) is 7.60. The van der Waals surface area contributed by atoms with Crippen molar-refractivity contribution in [1.82, 2.24) is 9.97 Å². The van der Waals surface area contributed by atoms with Gasteiger partial charge in [0.15, 0.2) is 5.69 Å². The Balaban J connectivity index is 1.76. The summed E-state index contributed by atoms with van der Waals surface area (Å²) in [5.74, 6) is 5.36. The topological polar surface area (TPSA) is 128 Å². The average molecular weight is 504 g/mol. The van der Waals surface area contributed by atoms with Crippen LogP contribution in [-0.2, 0) is 10.0 Å². The maximum absolute atomic E-state index is 13.5. The van der Waals surface area contributed by atoms with Gasteiger partial charge in [0.05, 0.1) is 31.0 Å². The number of aryl methyl sites for hydroxylation is 1. The number of hydrogen-bond donors (Lipinski definition) is 2. The summed E-state index contributed by atoms with van der Waals surface area (Å²) in [6.07, 6.45) is 2.82. The van der Waals surface area contributed by atoms with Crippen LogP contribution in [0.3, 0.4) is 0 Å². The first-order valence-electron chi connectivity index (χ1n) is 10.6. The number of nitrogens with one attached hydrogen (secondary N) is 1. The Bertz CT molecular complexity index is 1660. The number of aromatic nitrogens is 2. The molecule has 2 N–H and O–H groups in total. The number of ether oxygens (including phenoxy) is 2. The van der Waals surface area contributed by atoms with Crippen LogP contribution in [0.4, 0.5) is 5.69 Å². The summed E-state index contributed by atoms with van der Waals surface area (Å²) in [4.78, 5) is 19.4. The fraction of sp³-hybridized carbons (Fsp3) is 0.115. The minimum atomic E-state index is -4.07. The van der Waals surface area contributed by atoms with Gasteiger partial charge in [-0.05, 0) is 42.8 Å². The van der Waals surface area contributed by atoms with Crippen molar-refractivity contribution < 1.29 is 27.8 Å². The van der Waals surface area contributed by atoms with Gasteiger partial charge in [-0.2, -0.15) is 0 Å². The number of nitrogens with zero attached hydrogens (tertiary/aromatic N) is 2. The normalized spacial score (nSPS) is 10.9. The van der Waals surface area contributed by atoms with E-state index >= 15 is 0 Å². The summed E-state index contributed by atoms with van der Waals surface area (Å²) < 4.78 is 40.3. The summed E-state index contributed by atoms with van der Waals surface area (Å²) in [5.41, 5.74) is 1.60. The third kappa shape index (κ3) is 4.78. The molecule has 10 heteroatoms. The molecule has 2 aromatic carbocycles. The van der Waals surface area contributed by atoms with Crippen molar-refractivity contribution in [3.63, 3.8) is 0 Å². The van der Waals surface area contributed by atoms with Gasteiger partial charge < -0.3 is 14.6 Å². The lowest BCUT2D eigenvalue weighted by Gasteiger charge is -2.15. The Kier molecular flexibility index (Phi) is 6.76. The van der Waals surface area contributed by atoms with E-state index in [4.69, 9.17) is 14.6 Å². The van der Waals surface area contributed by atoms with Crippen molar-refractivity contribution in [1.29, 1.82) is 0 Å². The number of rotatable bonds is 6. The Morgan fingerprint density at radius 3 is 2.42 bits per heavy atom. The van der Waals surface area contributed by atoms with E-state index in [-0.39, 0.29) is 22.0 Å². The highest BCUT2D eigenvalue weighted by molar-refractivity contribution is 7.93. The molecule has 2 aromatic heterocycles. The molecule has 0 aliphatic heterocycles. The third-order valence-corrected chi connectivity index (χ3v) is 6.83. The van der Waals surface area contributed by atoms with Crippen LogP contribution in [0.25, 0.3) is 10.9 Å². The molecule has 36 heavy (non-hydrogen) atoms. The first-order chi connectivity index (χ1) is 17.2. The molecule has 0 spiro atoms. The Hall–Kier alpha value is -4.62. The molecule has 0 radical (unpaired) electrons. The molecule has 2 heterocycles. The second kappa shape index (κ2) is 9.93. The van der Waals surface area contributed by atoms with E-state index in [1.165, 1.54) is 32.7 Å². The zero-order chi connectivity index (χ0) is 25.9. The van der Waals surface area contributed by atoms with Gasteiger partial charge in [0.1, 0.15) is 16.4 Å². The predicted molar refractivity (Wildman–Crippen MR) is 134 cm³/mol. The van der Waals surface area contributed by atoms with E-state index in [9.17, 15) is 13.2 Å². The van der Waals surface area contributed by atoms with E-state index in [1.807, 2.05) is 0 Å². The molecule has 9 nitrogen and oxygen atoms in total. The largest absolute Gasteiger partial charge is 0.496 e. The van der Waals surface area contributed by atoms with Gasteiger partial charge in [0.2, 0.25) is 0 Å². The van der Waals surface area contributed by atoms with Crippen LogP contribution in [0.5, 0.6) is 11.5 Å². The van der Waals surface area contributed by atoms with Crippen LogP contribution in [0.15, 0.2) is 65.8 Å².